The second-order valence-corrected chi connectivity index (χ2v) is 2.66. The highest BCUT2D eigenvalue weighted by atomic mass is 16.1. The summed E-state index contributed by atoms with van der Waals surface area (Å²) in [5, 5.41) is 0. The van der Waals surface area contributed by atoms with Gasteiger partial charge in [-0.05, 0) is 12.1 Å². The van der Waals surface area contributed by atoms with Crippen molar-refractivity contribution < 1.29 is 4.79 Å². The molecule has 2 rings (SSSR count). The van der Waals surface area contributed by atoms with Crippen LogP contribution in [-0.2, 0) is 4.79 Å². The van der Waals surface area contributed by atoms with Gasteiger partial charge in [0.25, 0.3) is 0 Å². The van der Waals surface area contributed by atoms with Crippen LogP contribution in [0.15, 0.2) is 47.8 Å². The summed E-state index contributed by atoms with van der Waals surface area (Å²) in [5.74, 6) is 0.478. The van der Waals surface area contributed by atoms with Crippen molar-refractivity contribution in [2.75, 3.05) is 0 Å². The summed E-state index contributed by atoms with van der Waals surface area (Å²) in [7, 11) is 0. The van der Waals surface area contributed by atoms with Crippen LogP contribution in [0.25, 0.3) is 5.69 Å². The number of para-hydroxylation sites is 1. The Morgan fingerprint density at radius 2 is 2.07 bits per heavy atom. The van der Waals surface area contributed by atoms with Crippen LogP contribution in [-0.4, -0.2) is 15.6 Å². The van der Waals surface area contributed by atoms with Gasteiger partial charge in [-0.15, -0.1) is 4.99 Å². The largest absolute Gasteiger partial charge is 0.283 e. The highest BCUT2D eigenvalue weighted by Gasteiger charge is 2.01. The van der Waals surface area contributed by atoms with Gasteiger partial charge in [0, 0.05) is 5.69 Å². The van der Waals surface area contributed by atoms with E-state index in [2.05, 4.69) is 9.98 Å². The molecule has 0 bridgehead atoms. The van der Waals surface area contributed by atoms with Crippen molar-refractivity contribution in [1.29, 1.82) is 0 Å². The molecule has 1 aromatic carbocycles. The van der Waals surface area contributed by atoms with Gasteiger partial charge in [0.05, 0.1) is 6.20 Å². The van der Waals surface area contributed by atoms with E-state index in [9.17, 15) is 4.79 Å². The van der Waals surface area contributed by atoms with Crippen molar-refractivity contribution in [3.63, 3.8) is 0 Å². The van der Waals surface area contributed by atoms with E-state index in [1.807, 2.05) is 30.3 Å². The molecule has 0 aliphatic heterocycles. The number of benzene rings is 1. The van der Waals surface area contributed by atoms with Crippen molar-refractivity contribution in [2.45, 2.75) is 0 Å². The Morgan fingerprint density at radius 1 is 1.29 bits per heavy atom. The number of hydrogen-bond acceptors (Lipinski definition) is 3. The van der Waals surface area contributed by atoms with Crippen LogP contribution < -0.4 is 0 Å². The first-order valence-corrected chi connectivity index (χ1v) is 4.07. The molecule has 4 nitrogen and oxygen atoms in total. The van der Waals surface area contributed by atoms with E-state index in [0.29, 0.717) is 5.82 Å². The third-order valence-corrected chi connectivity index (χ3v) is 1.81. The molecule has 4 heteroatoms. The smallest absolute Gasteiger partial charge is 0.242 e. The maximum Gasteiger partial charge on any atom is 0.242 e. The maximum absolute atomic E-state index is 10.1. The Kier molecular flexibility index (Phi) is 2.21. The molecule has 0 atom stereocenters. The van der Waals surface area contributed by atoms with Crippen molar-refractivity contribution >= 4 is 11.9 Å². The quantitative estimate of drug-likeness (QED) is 0.529. The number of carbonyl (C=O) groups excluding carboxylic acids is 1. The lowest BCUT2D eigenvalue weighted by Gasteiger charge is -2.01. The van der Waals surface area contributed by atoms with Gasteiger partial charge >= 0.3 is 0 Å². The average molecular weight is 185 g/mol. The lowest BCUT2D eigenvalue weighted by Crippen LogP contribution is -1.89. The van der Waals surface area contributed by atoms with Crippen molar-refractivity contribution in [3.05, 3.63) is 42.9 Å². The van der Waals surface area contributed by atoms with E-state index >= 15 is 0 Å². The Hall–Kier alpha value is -2.19. The molecule has 2 aromatic rings. The number of isocyanates is 1. The molecule has 1 aromatic heterocycles. The molecule has 68 valence electrons. The molecule has 0 amide bonds. The van der Waals surface area contributed by atoms with Crippen LogP contribution in [0.4, 0.5) is 5.82 Å². The van der Waals surface area contributed by atoms with E-state index in [-0.39, 0.29) is 0 Å². The summed E-state index contributed by atoms with van der Waals surface area (Å²) in [5.41, 5.74) is 0.916. The second-order valence-electron chi connectivity index (χ2n) is 2.66. The number of aromatic nitrogens is 2. The first-order valence-electron chi connectivity index (χ1n) is 4.07. The molecule has 0 unspecified atom stereocenters. The standard InChI is InChI=1S/C10H7N3O/c14-8-12-10-6-11-7-13(10)9-4-2-1-3-5-9/h1-7H. The van der Waals surface area contributed by atoms with Crippen molar-refractivity contribution in [1.82, 2.24) is 9.55 Å². The van der Waals surface area contributed by atoms with Crippen LogP contribution >= 0.6 is 0 Å². The van der Waals surface area contributed by atoms with E-state index in [0.717, 1.165) is 5.69 Å². The minimum absolute atomic E-state index is 0.478. The fourth-order valence-electron chi connectivity index (χ4n) is 1.21. The number of imidazole rings is 1. The topological polar surface area (TPSA) is 47.2 Å². The van der Waals surface area contributed by atoms with Crippen LogP contribution in [0.5, 0.6) is 0 Å². The van der Waals surface area contributed by atoms with Crippen molar-refractivity contribution in [2.24, 2.45) is 4.99 Å². The normalized spacial score (nSPS) is 9.43. The fraction of sp³-hybridized carbons (Fsp3) is 0. The third-order valence-electron chi connectivity index (χ3n) is 1.81. The predicted molar refractivity (Wildman–Crippen MR) is 51.3 cm³/mol. The zero-order chi connectivity index (χ0) is 9.80. The number of nitrogens with zero attached hydrogens (tertiary/aromatic N) is 3. The Morgan fingerprint density at radius 3 is 2.79 bits per heavy atom. The Balaban J connectivity index is 2.52. The van der Waals surface area contributed by atoms with E-state index in [1.54, 1.807) is 10.9 Å². The monoisotopic (exact) mass is 185 g/mol. The highest BCUT2D eigenvalue weighted by molar-refractivity contribution is 5.48. The van der Waals surface area contributed by atoms with E-state index < -0.39 is 0 Å². The third kappa shape index (κ3) is 1.46. The molecule has 14 heavy (non-hydrogen) atoms. The first-order chi connectivity index (χ1) is 6.92. The molecule has 1 heterocycles. The summed E-state index contributed by atoms with van der Waals surface area (Å²) in [6.07, 6.45) is 4.61. The summed E-state index contributed by atoms with van der Waals surface area (Å²) >= 11 is 0. The minimum Gasteiger partial charge on any atom is -0.283 e. The number of hydrogen-bond donors (Lipinski definition) is 0. The Bertz CT molecular complexity index is 469. The number of rotatable bonds is 2. The second kappa shape index (κ2) is 3.68. The number of aliphatic imine (C=N–C) groups is 1. The van der Waals surface area contributed by atoms with Gasteiger partial charge < -0.3 is 0 Å². The van der Waals surface area contributed by atoms with Crippen LogP contribution in [0.3, 0.4) is 0 Å². The predicted octanol–water partition coefficient (Wildman–Crippen LogP) is 1.84. The van der Waals surface area contributed by atoms with Gasteiger partial charge in [-0.1, -0.05) is 18.2 Å². The molecule has 0 aliphatic carbocycles. The van der Waals surface area contributed by atoms with Gasteiger partial charge in [-0.3, -0.25) is 4.57 Å². The van der Waals surface area contributed by atoms with Gasteiger partial charge in [0.2, 0.25) is 6.08 Å². The molecule has 0 spiro atoms. The van der Waals surface area contributed by atoms with Crippen LogP contribution in [0, 0.1) is 0 Å². The summed E-state index contributed by atoms with van der Waals surface area (Å²) in [4.78, 5) is 17.6. The molecular weight excluding hydrogens is 178 g/mol. The molecular formula is C10H7N3O. The Labute approximate surface area is 80.5 Å². The molecule has 0 aliphatic rings. The molecule has 0 saturated heterocycles. The lowest BCUT2D eigenvalue weighted by atomic mass is 10.3. The lowest BCUT2D eigenvalue weighted by molar-refractivity contribution is 0.565. The first kappa shape index (κ1) is 8.41. The summed E-state index contributed by atoms with van der Waals surface area (Å²) in [6.45, 7) is 0. The minimum atomic E-state index is 0.478. The summed E-state index contributed by atoms with van der Waals surface area (Å²) < 4.78 is 1.71. The zero-order valence-electron chi connectivity index (χ0n) is 7.29. The molecule has 0 radical (unpaired) electrons. The molecule has 0 N–H and O–H groups in total. The van der Waals surface area contributed by atoms with Gasteiger partial charge in [0.1, 0.15) is 6.33 Å². The van der Waals surface area contributed by atoms with Crippen LogP contribution in [0.2, 0.25) is 0 Å². The van der Waals surface area contributed by atoms with Gasteiger partial charge in [0.15, 0.2) is 5.82 Å². The zero-order valence-corrected chi connectivity index (χ0v) is 7.29. The molecule has 0 saturated carbocycles. The SMILES string of the molecule is O=C=Nc1cncn1-c1ccccc1. The van der Waals surface area contributed by atoms with Gasteiger partial charge in [-0.25, -0.2) is 9.78 Å². The van der Waals surface area contributed by atoms with Gasteiger partial charge in [-0.2, -0.15) is 0 Å². The fourth-order valence-corrected chi connectivity index (χ4v) is 1.21. The van der Waals surface area contributed by atoms with E-state index in [1.165, 1.54) is 12.3 Å². The average Bonchev–Trinajstić information content (AvgIpc) is 2.68. The maximum atomic E-state index is 10.1. The summed E-state index contributed by atoms with van der Waals surface area (Å²) in [6, 6.07) is 9.55. The van der Waals surface area contributed by atoms with Crippen LogP contribution in [0.1, 0.15) is 0 Å². The molecule has 0 fully saturated rings. The van der Waals surface area contributed by atoms with Crippen molar-refractivity contribution in [3.8, 4) is 5.69 Å². The highest BCUT2D eigenvalue weighted by Crippen LogP contribution is 2.16. The van der Waals surface area contributed by atoms with E-state index in [4.69, 9.17) is 0 Å².